The molecule has 0 aromatic rings. The third kappa shape index (κ3) is 3.03. The van der Waals surface area contributed by atoms with Crippen LogP contribution in [0.15, 0.2) is 0 Å². The number of hydrogen-bond acceptors (Lipinski definition) is 3. The van der Waals surface area contributed by atoms with Crippen LogP contribution in [0.4, 0.5) is 0 Å². The van der Waals surface area contributed by atoms with E-state index in [1.165, 1.54) is 0 Å². The lowest BCUT2D eigenvalue weighted by Gasteiger charge is -2.40. The van der Waals surface area contributed by atoms with Crippen LogP contribution in [0.1, 0.15) is 65.7 Å². The molecule has 0 bridgehead atoms. The van der Waals surface area contributed by atoms with Gasteiger partial charge in [0.15, 0.2) is 9.84 Å². The van der Waals surface area contributed by atoms with Crippen molar-refractivity contribution in [2.45, 2.75) is 76.2 Å². The highest BCUT2D eigenvalue weighted by Crippen LogP contribution is 2.44. The molecule has 2 aliphatic carbocycles. The van der Waals surface area contributed by atoms with Gasteiger partial charge >= 0.3 is 0 Å². The van der Waals surface area contributed by atoms with Gasteiger partial charge in [0.1, 0.15) is 0 Å². The molecule has 3 unspecified atom stereocenters. The molecule has 0 amide bonds. The summed E-state index contributed by atoms with van der Waals surface area (Å²) in [6.07, 6.45) is 6.06. The Hall–Kier alpha value is -0.560. The molecule has 0 saturated heterocycles. The molecule has 3 atom stereocenters. The largest absolute Gasteiger partial charge is 0.228 e. The molecule has 0 aromatic carbocycles. The van der Waals surface area contributed by atoms with Crippen LogP contribution in [0.25, 0.3) is 0 Å². The average molecular weight is 297 g/mol. The van der Waals surface area contributed by atoms with E-state index in [0.717, 1.165) is 38.5 Å². The van der Waals surface area contributed by atoms with Crippen molar-refractivity contribution in [3.8, 4) is 6.07 Å². The quantitative estimate of drug-likeness (QED) is 0.781. The molecule has 2 fully saturated rings. The van der Waals surface area contributed by atoms with Gasteiger partial charge in [-0.1, -0.05) is 33.6 Å². The van der Waals surface area contributed by atoms with Gasteiger partial charge in [0, 0.05) is 0 Å². The summed E-state index contributed by atoms with van der Waals surface area (Å²) in [7, 11) is -3.14. The zero-order chi connectivity index (χ0) is 15.0. The molecule has 20 heavy (non-hydrogen) atoms. The van der Waals surface area contributed by atoms with Crippen molar-refractivity contribution >= 4 is 9.84 Å². The van der Waals surface area contributed by atoms with Crippen molar-refractivity contribution in [2.75, 3.05) is 0 Å². The summed E-state index contributed by atoms with van der Waals surface area (Å²) in [6.45, 7) is 6.55. The van der Waals surface area contributed by atoms with Crippen molar-refractivity contribution in [1.82, 2.24) is 0 Å². The fourth-order valence-electron chi connectivity index (χ4n) is 3.89. The van der Waals surface area contributed by atoms with Crippen molar-refractivity contribution in [1.29, 1.82) is 5.26 Å². The summed E-state index contributed by atoms with van der Waals surface area (Å²) in [5.41, 5.74) is 0.129. The van der Waals surface area contributed by atoms with Crippen molar-refractivity contribution in [3.63, 3.8) is 0 Å². The highest BCUT2D eigenvalue weighted by Gasteiger charge is 2.45. The predicted octanol–water partition coefficient (Wildman–Crippen LogP) is 3.70. The van der Waals surface area contributed by atoms with E-state index in [4.69, 9.17) is 0 Å². The SMILES string of the molecule is CC(C)(C)C1CCC(C#N)C(S(=O)(=O)C2CCCC2)C1. The Balaban J connectivity index is 2.23. The van der Waals surface area contributed by atoms with Crippen LogP contribution in [0, 0.1) is 28.6 Å². The van der Waals surface area contributed by atoms with Gasteiger partial charge in [-0.3, -0.25) is 0 Å². The first-order valence-corrected chi connectivity index (χ1v) is 9.50. The Morgan fingerprint density at radius 1 is 1.05 bits per heavy atom. The zero-order valence-electron chi connectivity index (χ0n) is 12.9. The van der Waals surface area contributed by atoms with E-state index in [0.29, 0.717) is 12.3 Å². The lowest BCUT2D eigenvalue weighted by Crippen LogP contribution is -2.42. The van der Waals surface area contributed by atoms with Gasteiger partial charge in [0.2, 0.25) is 0 Å². The van der Waals surface area contributed by atoms with E-state index in [1.54, 1.807) is 0 Å². The Morgan fingerprint density at radius 2 is 1.65 bits per heavy atom. The van der Waals surface area contributed by atoms with E-state index >= 15 is 0 Å². The molecule has 2 saturated carbocycles. The Bertz CT molecular complexity index is 478. The number of hydrogen-bond donors (Lipinski definition) is 0. The van der Waals surface area contributed by atoms with E-state index in [9.17, 15) is 13.7 Å². The molecule has 3 nitrogen and oxygen atoms in total. The Kier molecular flexibility index (Phi) is 4.49. The summed E-state index contributed by atoms with van der Waals surface area (Å²) in [5.74, 6) is 0.118. The topological polar surface area (TPSA) is 57.9 Å². The van der Waals surface area contributed by atoms with Crippen LogP contribution in [-0.2, 0) is 9.84 Å². The third-order valence-corrected chi connectivity index (χ3v) is 8.14. The first kappa shape index (κ1) is 15.8. The molecular formula is C16H27NO2S. The van der Waals surface area contributed by atoms with Gasteiger partial charge in [-0.2, -0.15) is 5.26 Å². The molecule has 4 heteroatoms. The predicted molar refractivity (Wildman–Crippen MR) is 80.9 cm³/mol. The van der Waals surface area contributed by atoms with Crippen molar-refractivity contribution < 1.29 is 8.42 Å². The number of nitrogens with zero attached hydrogens (tertiary/aromatic N) is 1. The summed E-state index contributed by atoms with van der Waals surface area (Å²) >= 11 is 0. The molecule has 0 aliphatic heterocycles. The van der Waals surface area contributed by atoms with Crippen molar-refractivity contribution in [3.05, 3.63) is 0 Å². The highest BCUT2D eigenvalue weighted by molar-refractivity contribution is 7.92. The van der Waals surface area contributed by atoms with Gasteiger partial charge < -0.3 is 0 Å². The van der Waals surface area contributed by atoms with Crippen LogP contribution >= 0.6 is 0 Å². The number of nitriles is 1. The fraction of sp³-hybridized carbons (Fsp3) is 0.938. The lowest BCUT2D eigenvalue weighted by atomic mass is 9.70. The third-order valence-electron chi connectivity index (χ3n) is 5.37. The van der Waals surface area contributed by atoms with Crippen molar-refractivity contribution in [2.24, 2.45) is 17.3 Å². The van der Waals surface area contributed by atoms with Crippen LogP contribution < -0.4 is 0 Å². The van der Waals surface area contributed by atoms with Crippen LogP contribution in [0.5, 0.6) is 0 Å². The monoisotopic (exact) mass is 297 g/mol. The minimum absolute atomic E-state index is 0.129. The minimum Gasteiger partial charge on any atom is -0.228 e. The number of rotatable bonds is 2. The molecule has 0 radical (unpaired) electrons. The number of sulfone groups is 1. The molecule has 2 aliphatic rings. The summed E-state index contributed by atoms with van der Waals surface area (Å²) < 4.78 is 25.8. The maximum Gasteiger partial charge on any atom is 0.157 e. The van der Waals surface area contributed by atoms with E-state index in [1.807, 2.05) is 0 Å². The lowest BCUT2D eigenvalue weighted by molar-refractivity contribution is 0.166. The van der Waals surface area contributed by atoms with Gasteiger partial charge in [-0.15, -0.1) is 0 Å². The van der Waals surface area contributed by atoms with Gasteiger partial charge in [-0.05, 0) is 43.4 Å². The first-order chi connectivity index (χ1) is 9.26. The molecule has 2 rings (SSSR count). The summed E-state index contributed by atoms with van der Waals surface area (Å²) in [5, 5.41) is 8.74. The molecule has 0 N–H and O–H groups in total. The molecule has 0 heterocycles. The standard InChI is InChI=1S/C16H27NO2S/c1-16(2,3)13-9-8-12(11-17)15(10-13)20(18,19)14-6-4-5-7-14/h12-15H,4-10H2,1-3H3. The van der Waals surface area contributed by atoms with Crippen LogP contribution in [0.2, 0.25) is 0 Å². The molecule has 114 valence electrons. The smallest absolute Gasteiger partial charge is 0.157 e. The normalized spacial score (nSPS) is 33.0. The van der Waals surface area contributed by atoms with E-state index < -0.39 is 15.1 Å². The minimum atomic E-state index is -3.14. The molecular weight excluding hydrogens is 270 g/mol. The zero-order valence-corrected chi connectivity index (χ0v) is 13.7. The molecule has 0 spiro atoms. The Labute approximate surface area is 123 Å². The maximum atomic E-state index is 12.9. The summed E-state index contributed by atoms with van der Waals surface area (Å²) in [6, 6.07) is 2.28. The van der Waals surface area contributed by atoms with E-state index in [2.05, 4.69) is 26.8 Å². The second-order valence-corrected chi connectivity index (χ2v) is 10.1. The van der Waals surface area contributed by atoms with Crippen LogP contribution in [-0.4, -0.2) is 18.9 Å². The molecule has 0 aromatic heterocycles. The maximum absolute atomic E-state index is 12.9. The first-order valence-electron chi connectivity index (χ1n) is 7.89. The highest BCUT2D eigenvalue weighted by atomic mass is 32.2. The van der Waals surface area contributed by atoms with Crippen LogP contribution in [0.3, 0.4) is 0 Å². The van der Waals surface area contributed by atoms with Gasteiger partial charge in [0.05, 0.1) is 22.5 Å². The van der Waals surface area contributed by atoms with E-state index in [-0.39, 0.29) is 16.6 Å². The van der Waals surface area contributed by atoms with Gasteiger partial charge in [0.25, 0.3) is 0 Å². The summed E-state index contributed by atoms with van der Waals surface area (Å²) in [4.78, 5) is 0. The average Bonchev–Trinajstić information content (AvgIpc) is 2.91. The van der Waals surface area contributed by atoms with Gasteiger partial charge in [-0.25, -0.2) is 8.42 Å². The fourth-order valence-corrected chi connectivity index (χ4v) is 6.53. The second-order valence-electron chi connectivity index (χ2n) is 7.65. The Morgan fingerprint density at radius 3 is 2.15 bits per heavy atom. The second kappa shape index (κ2) is 5.67.